The van der Waals surface area contributed by atoms with Crippen molar-refractivity contribution in [1.29, 1.82) is 0 Å². The second kappa shape index (κ2) is 7.41. The van der Waals surface area contributed by atoms with E-state index in [-0.39, 0.29) is 18.6 Å². The van der Waals surface area contributed by atoms with Crippen LogP contribution in [0, 0.1) is 0 Å². The van der Waals surface area contributed by atoms with E-state index < -0.39 is 0 Å². The first kappa shape index (κ1) is 15.7. The molecule has 3 rings (SSSR count). The van der Waals surface area contributed by atoms with Crippen molar-refractivity contribution >= 4 is 21.8 Å². The lowest BCUT2D eigenvalue weighted by Crippen LogP contribution is -2.34. The zero-order chi connectivity index (χ0) is 16.1. The highest BCUT2D eigenvalue weighted by atomic mass is 79.9. The van der Waals surface area contributed by atoms with Gasteiger partial charge in [0.2, 0.25) is 5.88 Å². The second-order valence-electron chi connectivity index (χ2n) is 5.14. The number of carbonyl (C=O) groups excluding carboxylic acids is 1. The number of likely N-dealkylation sites (tertiary alicyclic amines) is 1. The Kier molecular flexibility index (Phi) is 5.07. The summed E-state index contributed by atoms with van der Waals surface area (Å²) < 4.78 is 12.1. The van der Waals surface area contributed by atoms with Gasteiger partial charge in [-0.2, -0.15) is 0 Å². The summed E-state index contributed by atoms with van der Waals surface area (Å²) in [5, 5.41) is 0. The zero-order valence-corrected chi connectivity index (χ0v) is 14.0. The number of halogens is 1. The third-order valence-electron chi connectivity index (χ3n) is 3.50. The number of pyridine rings is 2. The Balaban J connectivity index is 1.49. The van der Waals surface area contributed by atoms with Gasteiger partial charge in [-0.25, -0.2) is 4.98 Å². The van der Waals surface area contributed by atoms with Gasteiger partial charge in [0.05, 0.1) is 17.2 Å². The summed E-state index contributed by atoms with van der Waals surface area (Å²) in [6.45, 7) is 1.20. The molecule has 2 aromatic rings. The summed E-state index contributed by atoms with van der Waals surface area (Å²) >= 11 is 3.40. The highest BCUT2D eigenvalue weighted by molar-refractivity contribution is 9.10. The third-order valence-corrected chi connectivity index (χ3v) is 4.10. The van der Waals surface area contributed by atoms with Crippen molar-refractivity contribution in [3.05, 3.63) is 47.3 Å². The van der Waals surface area contributed by atoms with Crippen molar-refractivity contribution in [2.45, 2.75) is 12.5 Å². The number of hydrogen-bond acceptors (Lipinski definition) is 5. The minimum absolute atomic E-state index is 0.00565. The van der Waals surface area contributed by atoms with Crippen LogP contribution in [0.2, 0.25) is 0 Å². The standard InChI is InChI=1S/C16H16BrN3O3/c17-14-4-2-7-19-16(14)23-13-5-8-20(10-13)15(21)11-22-12-3-1-6-18-9-12/h1-4,6-7,9,13H,5,8,10-11H2. The average Bonchev–Trinajstić information content (AvgIpc) is 3.04. The van der Waals surface area contributed by atoms with Crippen LogP contribution in [0.3, 0.4) is 0 Å². The number of amides is 1. The molecule has 1 unspecified atom stereocenters. The van der Waals surface area contributed by atoms with Gasteiger partial charge in [0, 0.05) is 25.4 Å². The van der Waals surface area contributed by atoms with Crippen LogP contribution in [0.4, 0.5) is 0 Å². The van der Waals surface area contributed by atoms with Crippen LogP contribution in [0.5, 0.6) is 11.6 Å². The van der Waals surface area contributed by atoms with Gasteiger partial charge in [0.1, 0.15) is 11.9 Å². The molecule has 120 valence electrons. The lowest BCUT2D eigenvalue weighted by Gasteiger charge is -2.17. The molecule has 3 heterocycles. The molecule has 23 heavy (non-hydrogen) atoms. The van der Waals surface area contributed by atoms with Crippen LogP contribution in [0.1, 0.15) is 6.42 Å². The molecular formula is C16H16BrN3O3. The summed E-state index contributed by atoms with van der Waals surface area (Å²) in [6, 6.07) is 7.25. The Hall–Kier alpha value is -2.15. The topological polar surface area (TPSA) is 64.5 Å². The summed E-state index contributed by atoms with van der Waals surface area (Å²) in [4.78, 5) is 22.1. The number of ether oxygens (including phenoxy) is 2. The molecule has 1 fully saturated rings. The van der Waals surface area contributed by atoms with Crippen molar-refractivity contribution in [1.82, 2.24) is 14.9 Å². The number of hydrogen-bond donors (Lipinski definition) is 0. The predicted octanol–water partition coefficient (Wildman–Crippen LogP) is 2.30. The van der Waals surface area contributed by atoms with E-state index in [1.807, 2.05) is 12.1 Å². The van der Waals surface area contributed by atoms with Gasteiger partial charge in [-0.05, 0) is 40.2 Å². The third kappa shape index (κ3) is 4.19. The average molecular weight is 378 g/mol. The Labute approximate surface area is 142 Å². The SMILES string of the molecule is O=C(COc1cccnc1)N1CCC(Oc2ncccc2Br)C1. The lowest BCUT2D eigenvalue weighted by molar-refractivity contribution is -0.132. The van der Waals surface area contributed by atoms with E-state index in [4.69, 9.17) is 9.47 Å². The summed E-state index contributed by atoms with van der Waals surface area (Å²) in [5.74, 6) is 1.09. The summed E-state index contributed by atoms with van der Waals surface area (Å²) in [7, 11) is 0. The molecule has 0 aliphatic carbocycles. The van der Waals surface area contributed by atoms with Gasteiger partial charge in [-0.3, -0.25) is 9.78 Å². The van der Waals surface area contributed by atoms with Crippen LogP contribution in [0.25, 0.3) is 0 Å². The number of carbonyl (C=O) groups is 1. The molecule has 0 aromatic carbocycles. The summed E-state index contributed by atoms with van der Waals surface area (Å²) in [6.07, 6.45) is 5.65. The molecule has 0 saturated carbocycles. The quantitative estimate of drug-likeness (QED) is 0.799. The Morgan fingerprint density at radius 3 is 3.00 bits per heavy atom. The first-order chi connectivity index (χ1) is 11.2. The smallest absolute Gasteiger partial charge is 0.260 e. The Bertz CT molecular complexity index is 669. The maximum absolute atomic E-state index is 12.2. The zero-order valence-electron chi connectivity index (χ0n) is 12.4. The second-order valence-corrected chi connectivity index (χ2v) is 5.99. The van der Waals surface area contributed by atoms with Gasteiger partial charge in [-0.15, -0.1) is 0 Å². The van der Waals surface area contributed by atoms with E-state index in [1.54, 1.807) is 35.6 Å². The largest absolute Gasteiger partial charge is 0.482 e. The molecular weight excluding hydrogens is 362 g/mol. The maximum Gasteiger partial charge on any atom is 0.260 e. The van der Waals surface area contributed by atoms with Gasteiger partial charge in [-0.1, -0.05) is 0 Å². The van der Waals surface area contributed by atoms with Gasteiger partial charge in [0.15, 0.2) is 6.61 Å². The fraction of sp³-hybridized carbons (Fsp3) is 0.312. The minimum atomic E-state index is -0.0555. The van der Waals surface area contributed by atoms with E-state index >= 15 is 0 Å². The van der Waals surface area contributed by atoms with E-state index in [0.29, 0.717) is 24.7 Å². The van der Waals surface area contributed by atoms with E-state index in [2.05, 4.69) is 25.9 Å². The fourth-order valence-electron chi connectivity index (χ4n) is 2.34. The monoisotopic (exact) mass is 377 g/mol. The minimum Gasteiger partial charge on any atom is -0.482 e. The number of rotatable bonds is 5. The van der Waals surface area contributed by atoms with E-state index in [9.17, 15) is 4.79 Å². The van der Waals surface area contributed by atoms with Gasteiger partial charge in [0.25, 0.3) is 5.91 Å². The fourth-order valence-corrected chi connectivity index (χ4v) is 2.68. The molecule has 1 amide bonds. The highest BCUT2D eigenvalue weighted by Gasteiger charge is 2.28. The molecule has 1 aliphatic heterocycles. The highest BCUT2D eigenvalue weighted by Crippen LogP contribution is 2.24. The van der Waals surface area contributed by atoms with E-state index in [0.717, 1.165) is 10.9 Å². The van der Waals surface area contributed by atoms with Crippen LogP contribution < -0.4 is 9.47 Å². The molecule has 6 nitrogen and oxygen atoms in total. The molecule has 0 N–H and O–H groups in total. The van der Waals surface area contributed by atoms with Gasteiger partial charge >= 0.3 is 0 Å². The van der Waals surface area contributed by atoms with Crippen molar-refractivity contribution in [3.8, 4) is 11.6 Å². The maximum atomic E-state index is 12.2. The van der Waals surface area contributed by atoms with Crippen molar-refractivity contribution < 1.29 is 14.3 Å². The molecule has 1 aliphatic rings. The van der Waals surface area contributed by atoms with Gasteiger partial charge < -0.3 is 14.4 Å². The Morgan fingerprint density at radius 1 is 1.35 bits per heavy atom. The van der Waals surface area contributed by atoms with Crippen molar-refractivity contribution in [3.63, 3.8) is 0 Å². The van der Waals surface area contributed by atoms with E-state index in [1.165, 1.54) is 0 Å². The number of nitrogens with zero attached hydrogens (tertiary/aromatic N) is 3. The normalized spacial score (nSPS) is 17.1. The molecule has 2 aromatic heterocycles. The van der Waals surface area contributed by atoms with Crippen LogP contribution >= 0.6 is 15.9 Å². The number of aromatic nitrogens is 2. The van der Waals surface area contributed by atoms with Crippen LogP contribution in [0.15, 0.2) is 47.3 Å². The molecule has 1 atom stereocenters. The van der Waals surface area contributed by atoms with Crippen LogP contribution in [-0.2, 0) is 4.79 Å². The molecule has 0 bridgehead atoms. The molecule has 0 spiro atoms. The lowest BCUT2D eigenvalue weighted by atomic mass is 10.3. The van der Waals surface area contributed by atoms with Crippen LogP contribution in [-0.4, -0.2) is 46.6 Å². The molecule has 0 radical (unpaired) electrons. The first-order valence-corrected chi connectivity index (χ1v) is 8.09. The first-order valence-electron chi connectivity index (χ1n) is 7.30. The predicted molar refractivity (Wildman–Crippen MR) is 87.3 cm³/mol. The van der Waals surface area contributed by atoms with Crippen molar-refractivity contribution in [2.24, 2.45) is 0 Å². The molecule has 7 heteroatoms. The molecule has 1 saturated heterocycles. The summed E-state index contributed by atoms with van der Waals surface area (Å²) in [5.41, 5.74) is 0. The Morgan fingerprint density at radius 2 is 2.22 bits per heavy atom. The van der Waals surface area contributed by atoms with Crippen molar-refractivity contribution in [2.75, 3.05) is 19.7 Å².